The molecule has 0 aliphatic heterocycles. The molecule has 3 rings (SSSR count). The molecule has 0 bridgehead atoms. The maximum Gasteiger partial charge on any atom is 0.341 e. The summed E-state index contributed by atoms with van der Waals surface area (Å²) in [4.78, 5) is 13.4. The van der Waals surface area contributed by atoms with Gasteiger partial charge in [0.25, 0.3) is 0 Å². The van der Waals surface area contributed by atoms with Crippen LogP contribution in [0.15, 0.2) is 42.5 Å². The van der Waals surface area contributed by atoms with Crippen LogP contribution in [0.4, 0.5) is 5.00 Å². The molecule has 0 spiro atoms. The number of hydrogen-bond donors (Lipinski definition) is 2. The highest BCUT2D eigenvalue weighted by Gasteiger charge is 2.22. The molecular formula is C20H22N2O2S. The molecule has 1 atom stereocenters. The smallest absolute Gasteiger partial charge is 0.341 e. The first-order chi connectivity index (χ1) is 12.0. The quantitative estimate of drug-likeness (QED) is 0.512. The lowest BCUT2D eigenvalue weighted by molar-refractivity contribution is 0.0527. The van der Waals surface area contributed by atoms with Gasteiger partial charge in [0.15, 0.2) is 0 Å². The lowest BCUT2D eigenvalue weighted by atomic mass is 10.0. The summed E-state index contributed by atoms with van der Waals surface area (Å²) < 4.78 is 5.21. The van der Waals surface area contributed by atoms with Gasteiger partial charge >= 0.3 is 5.97 Å². The van der Waals surface area contributed by atoms with Crippen molar-refractivity contribution in [2.24, 2.45) is 5.73 Å². The van der Waals surface area contributed by atoms with Crippen LogP contribution in [0, 0.1) is 13.8 Å². The maximum atomic E-state index is 12.3. The molecule has 2 aromatic carbocycles. The van der Waals surface area contributed by atoms with E-state index >= 15 is 0 Å². The van der Waals surface area contributed by atoms with Crippen LogP contribution in [0.5, 0.6) is 0 Å². The van der Waals surface area contributed by atoms with Crippen LogP contribution in [0.2, 0.25) is 0 Å². The number of nitrogens with one attached hydrogen (secondary N) is 1. The van der Waals surface area contributed by atoms with E-state index in [0.29, 0.717) is 12.2 Å². The normalized spacial score (nSPS) is 12.2. The average molecular weight is 354 g/mol. The van der Waals surface area contributed by atoms with E-state index in [-0.39, 0.29) is 5.97 Å². The standard InChI is InChI=1S/C20H22N2O2S/c1-4-24-20(23)17-12(2)13(3)25-19(17)22-18(21)16-11-7-9-14-8-5-6-10-15(14)16/h5-11,18,22H,4,21H2,1-3H3. The third kappa shape index (κ3) is 3.38. The molecule has 1 aromatic heterocycles. The molecule has 0 amide bonds. The SMILES string of the molecule is CCOC(=O)c1c(NC(N)c2cccc3ccccc23)sc(C)c1C. The fourth-order valence-corrected chi connectivity index (χ4v) is 4.00. The van der Waals surface area contributed by atoms with Crippen molar-refractivity contribution in [1.29, 1.82) is 0 Å². The Bertz CT molecular complexity index is 912. The predicted octanol–water partition coefficient (Wildman–Crippen LogP) is 4.76. The van der Waals surface area contributed by atoms with Crippen molar-refractivity contribution in [2.45, 2.75) is 26.9 Å². The first-order valence-electron chi connectivity index (χ1n) is 8.29. The molecule has 5 heteroatoms. The van der Waals surface area contributed by atoms with Gasteiger partial charge in [-0.2, -0.15) is 0 Å². The number of carbonyl (C=O) groups excluding carboxylic acids is 1. The van der Waals surface area contributed by atoms with Gasteiger partial charge in [-0.3, -0.25) is 0 Å². The van der Waals surface area contributed by atoms with Gasteiger partial charge in [0.1, 0.15) is 11.2 Å². The number of esters is 1. The Morgan fingerprint density at radius 1 is 1.20 bits per heavy atom. The average Bonchev–Trinajstić information content (AvgIpc) is 2.88. The molecular weight excluding hydrogens is 332 g/mol. The zero-order valence-electron chi connectivity index (χ0n) is 14.6. The van der Waals surface area contributed by atoms with Gasteiger partial charge in [0, 0.05) is 4.88 Å². The molecule has 0 saturated carbocycles. The van der Waals surface area contributed by atoms with Crippen LogP contribution < -0.4 is 11.1 Å². The van der Waals surface area contributed by atoms with Crippen molar-refractivity contribution in [3.05, 3.63) is 64.0 Å². The zero-order chi connectivity index (χ0) is 18.0. The molecule has 0 aliphatic carbocycles. The number of nitrogens with two attached hydrogens (primary N) is 1. The number of thiophene rings is 1. The van der Waals surface area contributed by atoms with Crippen molar-refractivity contribution in [2.75, 3.05) is 11.9 Å². The molecule has 3 aromatic rings. The first kappa shape index (κ1) is 17.5. The van der Waals surface area contributed by atoms with Crippen molar-refractivity contribution in [3.63, 3.8) is 0 Å². The minimum absolute atomic E-state index is 0.308. The summed E-state index contributed by atoms with van der Waals surface area (Å²) in [6.45, 7) is 6.09. The second-order valence-electron chi connectivity index (χ2n) is 5.90. The summed E-state index contributed by atoms with van der Waals surface area (Å²) in [5, 5.41) is 6.32. The molecule has 0 fully saturated rings. The number of benzene rings is 2. The second-order valence-corrected chi connectivity index (χ2v) is 7.12. The summed E-state index contributed by atoms with van der Waals surface area (Å²) in [7, 11) is 0. The van der Waals surface area contributed by atoms with Gasteiger partial charge < -0.3 is 15.8 Å². The van der Waals surface area contributed by atoms with E-state index in [2.05, 4.69) is 23.5 Å². The molecule has 0 radical (unpaired) electrons. The Morgan fingerprint density at radius 2 is 1.92 bits per heavy atom. The van der Waals surface area contributed by atoms with E-state index < -0.39 is 6.17 Å². The minimum Gasteiger partial charge on any atom is -0.462 e. The summed E-state index contributed by atoms with van der Waals surface area (Å²) >= 11 is 1.53. The van der Waals surface area contributed by atoms with Gasteiger partial charge in [-0.05, 0) is 42.7 Å². The second kappa shape index (κ2) is 7.25. The Morgan fingerprint density at radius 3 is 2.68 bits per heavy atom. The summed E-state index contributed by atoms with van der Waals surface area (Å²) in [6.07, 6.45) is -0.420. The topological polar surface area (TPSA) is 64.3 Å². The van der Waals surface area contributed by atoms with Crippen LogP contribution in [0.25, 0.3) is 10.8 Å². The van der Waals surface area contributed by atoms with E-state index in [1.807, 2.05) is 38.1 Å². The van der Waals surface area contributed by atoms with Crippen LogP contribution in [-0.4, -0.2) is 12.6 Å². The van der Waals surface area contributed by atoms with Crippen LogP contribution >= 0.6 is 11.3 Å². The summed E-state index contributed by atoms with van der Waals surface area (Å²) in [5.74, 6) is -0.308. The molecule has 0 aliphatic rings. The number of ether oxygens (including phenoxy) is 1. The number of rotatable bonds is 5. The monoisotopic (exact) mass is 354 g/mol. The van der Waals surface area contributed by atoms with Crippen molar-refractivity contribution in [1.82, 2.24) is 0 Å². The number of carbonyl (C=O) groups is 1. The zero-order valence-corrected chi connectivity index (χ0v) is 15.4. The molecule has 1 unspecified atom stereocenters. The van der Waals surface area contributed by atoms with E-state index in [1.54, 1.807) is 6.92 Å². The van der Waals surface area contributed by atoms with Crippen LogP contribution in [0.1, 0.15) is 39.5 Å². The maximum absolute atomic E-state index is 12.3. The van der Waals surface area contributed by atoms with E-state index in [9.17, 15) is 4.79 Å². The van der Waals surface area contributed by atoms with Gasteiger partial charge in [-0.1, -0.05) is 42.5 Å². The Hall–Kier alpha value is -2.37. The van der Waals surface area contributed by atoms with Crippen molar-refractivity contribution >= 4 is 33.1 Å². The Balaban J connectivity index is 1.97. The number of anilines is 1. The van der Waals surface area contributed by atoms with E-state index in [4.69, 9.17) is 10.5 Å². The minimum atomic E-state index is -0.420. The van der Waals surface area contributed by atoms with E-state index in [1.165, 1.54) is 11.3 Å². The molecule has 0 saturated heterocycles. The van der Waals surface area contributed by atoms with Crippen LogP contribution in [0.3, 0.4) is 0 Å². The number of hydrogen-bond acceptors (Lipinski definition) is 5. The van der Waals surface area contributed by atoms with E-state index in [0.717, 1.165) is 31.8 Å². The predicted molar refractivity (Wildman–Crippen MR) is 104 cm³/mol. The van der Waals surface area contributed by atoms with Gasteiger partial charge in [0.05, 0.1) is 12.2 Å². The first-order valence-corrected chi connectivity index (χ1v) is 9.11. The van der Waals surface area contributed by atoms with Gasteiger partial charge in [-0.15, -0.1) is 11.3 Å². The van der Waals surface area contributed by atoms with Crippen LogP contribution in [-0.2, 0) is 4.74 Å². The van der Waals surface area contributed by atoms with Gasteiger partial charge in [-0.25, -0.2) is 4.79 Å². The third-order valence-corrected chi connectivity index (χ3v) is 5.45. The molecule has 4 nitrogen and oxygen atoms in total. The van der Waals surface area contributed by atoms with Crippen molar-refractivity contribution < 1.29 is 9.53 Å². The molecule has 25 heavy (non-hydrogen) atoms. The highest BCUT2D eigenvalue weighted by molar-refractivity contribution is 7.16. The summed E-state index contributed by atoms with van der Waals surface area (Å²) in [5.41, 5.74) is 8.96. The number of fused-ring (bicyclic) bond motifs is 1. The largest absolute Gasteiger partial charge is 0.462 e. The third-order valence-electron chi connectivity index (χ3n) is 4.31. The fourth-order valence-electron chi connectivity index (χ4n) is 2.92. The number of aryl methyl sites for hydroxylation is 1. The Kier molecular flexibility index (Phi) is 5.06. The van der Waals surface area contributed by atoms with Crippen molar-refractivity contribution in [3.8, 4) is 0 Å². The summed E-state index contributed by atoms with van der Waals surface area (Å²) in [6, 6.07) is 14.2. The van der Waals surface area contributed by atoms with Gasteiger partial charge in [0.2, 0.25) is 0 Å². The molecule has 130 valence electrons. The Labute approximate surface area is 151 Å². The molecule has 3 N–H and O–H groups in total. The molecule has 1 heterocycles. The fraction of sp³-hybridized carbons (Fsp3) is 0.250. The lowest BCUT2D eigenvalue weighted by Gasteiger charge is -2.17. The highest BCUT2D eigenvalue weighted by atomic mass is 32.1. The highest BCUT2D eigenvalue weighted by Crippen LogP contribution is 2.35. The lowest BCUT2D eigenvalue weighted by Crippen LogP contribution is -2.21.